The van der Waals surface area contributed by atoms with Crippen LogP contribution in [0.15, 0.2) is 28.2 Å². The zero-order valence-corrected chi connectivity index (χ0v) is 17.3. The minimum Gasteiger partial charge on any atom is -0.325 e. The van der Waals surface area contributed by atoms with Crippen LogP contribution in [0.2, 0.25) is 5.02 Å². The molecule has 0 aliphatic carbocycles. The third kappa shape index (κ3) is 4.02. The van der Waals surface area contributed by atoms with E-state index in [-0.39, 0.29) is 22.2 Å². The van der Waals surface area contributed by atoms with Crippen molar-refractivity contribution in [1.29, 1.82) is 0 Å². The van der Waals surface area contributed by atoms with Gasteiger partial charge < -0.3 is 5.32 Å². The van der Waals surface area contributed by atoms with Crippen LogP contribution in [-0.4, -0.2) is 21.2 Å². The molecular formula is C18H17ClFN3O2S2. The zero-order chi connectivity index (χ0) is 19.7. The zero-order valence-electron chi connectivity index (χ0n) is 14.9. The Labute approximate surface area is 168 Å². The van der Waals surface area contributed by atoms with E-state index in [9.17, 15) is 14.0 Å². The summed E-state index contributed by atoms with van der Waals surface area (Å²) in [5.41, 5.74) is 1.28. The van der Waals surface area contributed by atoms with E-state index in [2.05, 4.69) is 10.3 Å². The summed E-state index contributed by atoms with van der Waals surface area (Å²) in [4.78, 5) is 31.3. The van der Waals surface area contributed by atoms with Crippen LogP contribution in [0.25, 0.3) is 10.2 Å². The highest BCUT2D eigenvalue weighted by Gasteiger charge is 2.17. The average molecular weight is 426 g/mol. The highest BCUT2D eigenvalue weighted by atomic mass is 35.5. The van der Waals surface area contributed by atoms with Gasteiger partial charge in [0.2, 0.25) is 5.91 Å². The van der Waals surface area contributed by atoms with Gasteiger partial charge in [0.05, 0.1) is 16.2 Å². The molecule has 9 heteroatoms. The molecule has 0 aliphatic rings. The second-order valence-electron chi connectivity index (χ2n) is 5.87. The number of aromatic nitrogens is 2. The highest BCUT2D eigenvalue weighted by Crippen LogP contribution is 2.28. The number of nitrogens with one attached hydrogen (secondary N) is 1. The number of rotatable bonds is 5. The second kappa shape index (κ2) is 8.00. The smallest absolute Gasteiger partial charge is 0.263 e. The summed E-state index contributed by atoms with van der Waals surface area (Å²) in [6.07, 6.45) is 0. The van der Waals surface area contributed by atoms with E-state index >= 15 is 0 Å². The highest BCUT2D eigenvalue weighted by molar-refractivity contribution is 7.99. The first kappa shape index (κ1) is 19.9. The standard InChI is InChI=1S/C18H17ClFN3O2S2/c1-4-23-17(25)15-9(2)10(3)27-16(15)22-18(23)26-8-14(24)21-11-5-6-13(20)12(19)7-11/h5-7H,4,8H2,1-3H3,(H,21,24). The maximum Gasteiger partial charge on any atom is 0.263 e. The lowest BCUT2D eigenvalue weighted by Crippen LogP contribution is -2.23. The number of thiophene rings is 1. The lowest BCUT2D eigenvalue weighted by Gasteiger charge is -2.10. The first-order chi connectivity index (χ1) is 12.8. The third-order valence-electron chi connectivity index (χ3n) is 4.11. The predicted molar refractivity (Wildman–Crippen MR) is 110 cm³/mol. The van der Waals surface area contributed by atoms with Gasteiger partial charge in [-0.3, -0.25) is 14.2 Å². The van der Waals surface area contributed by atoms with Crippen molar-refractivity contribution in [3.8, 4) is 0 Å². The fourth-order valence-corrected chi connectivity index (χ4v) is 4.71. The molecule has 1 amide bonds. The number of carbonyl (C=O) groups is 1. The average Bonchev–Trinajstić information content (AvgIpc) is 2.91. The number of halogens is 2. The number of hydrogen-bond donors (Lipinski definition) is 1. The van der Waals surface area contributed by atoms with E-state index in [0.717, 1.165) is 10.4 Å². The number of fused-ring (bicyclic) bond motifs is 1. The van der Waals surface area contributed by atoms with Crippen molar-refractivity contribution in [2.75, 3.05) is 11.1 Å². The van der Waals surface area contributed by atoms with E-state index < -0.39 is 5.82 Å². The van der Waals surface area contributed by atoms with Crippen molar-refractivity contribution in [2.24, 2.45) is 0 Å². The van der Waals surface area contributed by atoms with Crippen LogP contribution in [-0.2, 0) is 11.3 Å². The Morgan fingerprint density at radius 3 is 2.81 bits per heavy atom. The Morgan fingerprint density at radius 1 is 1.41 bits per heavy atom. The normalized spacial score (nSPS) is 11.1. The number of anilines is 1. The number of nitrogens with zero attached hydrogens (tertiary/aromatic N) is 2. The van der Waals surface area contributed by atoms with Crippen LogP contribution in [0.3, 0.4) is 0 Å². The molecule has 27 heavy (non-hydrogen) atoms. The molecular weight excluding hydrogens is 409 g/mol. The topological polar surface area (TPSA) is 64.0 Å². The summed E-state index contributed by atoms with van der Waals surface area (Å²) >= 11 is 8.39. The van der Waals surface area contributed by atoms with Gasteiger partial charge in [-0.1, -0.05) is 23.4 Å². The fourth-order valence-electron chi connectivity index (χ4n) is 2.60. The van der Waals surface area contributed by atoms with Crippen LogP contribution < -0.4 is 10.9 Å². The summed E-state index contributed by atoms with van der Waals surface area (Å²) in [6, 6.07) is 3.98. The van der Waals surface area contributed by atoms with Gasteiger partial charge in [-0.15, -0.1) is 11.3 Å². The number of benzene rings is 1. The van der Waals surface area contributed by atoms with Crippen molar-refractivity contribution < 1.29 is 9.18 Å². The molecule has 3 aromatic rings. The molecule has 5 nitrogen and oxygen atoms in total. The van der Waals surface area contributed by atoms with Crippen molar-refractivity contribution in [3.63, 3.8) is 0 Å². The molecule has 0 fully saturated rings. The Bertz CT molecular complexity index is 1090. The van der Waals surface area contributed by atoms with Crippen molar-refractivity contribution in [2.45, 2.75) is 32.5 Å². The molecule has 0 aliphatic heterocycles. The Hall–Kier alpha value is -1.90. The molecule has 2 heterocycles. The fraction of sp³-hybridized carbons (Fsp3) is 0.278. The number of amides is 1. The third-order valence-corrected chi connectivity index (χ3v) is 6.47. The minimum atomic E-state index is -0.546. The van der Waals surface area contributed by atoms with Crippen molar-refractivity contribution >= 4 is 56.5 Å². The lowest BCUT2D eigenvalue weighted by atomic mass is 10.2. The maximum absolute atomic E-state index is 13.2. The first-order valence-electron chi connectivity index (χ1n) is 8.20. The monoisotopic (exact) mass is 425 g/mol. The predicted octanol–water partition coefficient (Wildman–Crippen LogP) is 4.62. The molecule has 0 radical (unpaired) electrons. The number of thioether (sulfide) groups is 1. The molecule has 3 rings (SSSR count). The van der Waals surface area contributed by atoms with Gasteiger partial charge in [0, 0.05) is 17.1 Å². The Kier molecular flexibility index (Phi) is 5.88. The molecule has 0 unspecified atom stereocenters. The van der Waals surface area contributed by atoms with Crippen molar-refractivity contribution in [1.82, 2.24) is 9.55 Å². The molecule has 1 N–H and O–H groups in total. The van der Waals surface area contributed by atoms with E-state index in [0.29, 0.717) is 27.6 Å². The molecule has 142 valence electrons. The maximum atomic E-state index is 13.2. The van der Waals surface area contributed by atoms with Crippen LogP contribution in [0, 0.1) is 19.7 Å². The van der Waals surface area contributed by atoms with E-state index in [4.69, 9.17) is 11.6 Å². The second-order valence-corrected chi connectivity index (χ2v) is 8.43. The summed E-state index contributed by atoms with van der Waals surface area (Å²) < 4.78 is 14.8. The van der Waals surface area contributed by atoms with E-state index in [1.807, 2.05) is 20.8 Å². The molecule has 0 spiro atoms. The van der Waals surface area contributed by atoms with Gasteiger partial charge in [0.25, 0.3) is 5.56 Å². The molecule has 0 saturated heterocycles. The minimum absolute atomic E-state index is 0.0594. The molecule has 0 saturated carbocycles. The summed E-state index contributed by atoms with van der Waals surface area (Å²) in [5.74, 6) is -0.774. The molecule has 0 bridgehead atoms. The summed E-state index contributed by atoms with van der Waals surface area (Å²) in [5, 5.41) is 3.75. The van der Waals surface area contributed by atoms with Crippen LogP contribution in [0.4, 0.5) is 10.1 Å². The van der Waals surface area contributed by atoms with Gasteiger partial charge >= 0.3 is 0 Å². The summed E-state index contributed by atoms with van der Waals surface area (Å²) in [6.45, 7) is 6.22. The number of aryl methyl sites for hydroxylation is 2. The lowest BCUT2D eigenvalue weighted by molar-refractivity contribution is -0.113. The van der Waals surface area contributed by atoms with Gasteiger partial charge in [0.1, 0.15) is 10.6 Å². The van der Waals surface area contributed by atoms with E-state index in [1.165, 1.54) is 41.3 Å². The van der Waals surface area contributed by atoms with Crippen LogP contribution in [0.5, 0.6) is 0 Å². The van der Waals surface area contributed by atoms with Crippen LogP contribution in [0.1, 0.15) is 17.4 Å². The largest absolute Gasteiger partial charge is 0.325 e. The molecule has 2 aromatic heterocycles. The first-order valence-corrected chi connectivity index (χ1v) is 10.4. The van der Waals surface area contributed by atoms with Crippen LogP contribution >= 0.6 is 34.7 Å². The number of carbonyl (C=O) groups excluding carboxylic acids is 1. The van der Waals surface area contributed by atoms with Gasteiger partial charge in [0.15, 0.2) is 5.16 Å². The van der Waals surface area contributed by atoms with Gasteiger partial charge in [-0.2, -0.15) is 0 Å². The van der Waals surface area contributed by atoms with Gasteiger partial charge in [-0.05, 0) is 44.5 Å². The SMILES string of the molecule is CCn1c(SCC(=O)Nc2ccc(F)c(Cl)c2)nc2sc(C)c(C)c2c1=O. The quantitative estimate of drug-likeness (QED) is 0.478. The molecule has 1 aromatic carbocycles. The van der Waals surface area contributed by atoms with Crippen molar-refractivity contribution in [3.05, 3.63) is 49.8 Å². The summed E-state index contributed by atoms with van der Waals surface area (Å²) in [7, 11) is 0. The molecule has 0 atom stereocenters. The Balaban J connectivity index is 1.80. The van der Waals surface area contributed by atoms with E-state index in [1.54, 1.807) is 4.57 Å². The Morgan fingerprint density at radius 2 is 2.15 bits per heavy atom. The van der Waals surface area contributed by atoms with Gasteiger partial charge in [-0.25, -0.2) is 9.37 Å². The number of hydrogen-bond acceptors (Lipinski definition) is 5.